The van der Waals surface area contributed by atoms with Crippen LogP contribution in [0.5, 0.6) is 0 Å². The molecule has 0 spiro atoms. The molecule has 2 fully saturated rings. The number of alkyl carbamates (subject to hydrolysis) is 1. The lowest BCUT2D eigenvalue weighted by Gasteiger charge is -2.41. The van der Waals surface area contributed by atoms with Crippen molar-refractivity contribution in [3.63, 3.8) is 0 Å². The number of hydrogen-bond donors (Lipinski definition) is 2. The molecule has 184 valence electrons. The van der Waals surface area contributed by atoms with E-state index in [4.69, 9.17) is 4.74 Å². The lowest BCUT2D eigenvalue weighted by atomic mass is 9.80. The average Bonchev–Trinajstić information content (AvgIpc) is 2.86. The highest BCUT2D eigenvalue weighted by molar-refractivity contribution is 5.67. The van der Waals surface area contributed by atoms with E-state index < -0.39 is 0 Å². The first-order valence-electron chi connectivity index (χ1n) is 12.7. The Kier molecular flexibility index (Phi) is 8.94. The summed E-state index contributed by atoms with van der Waals surface area (Å²) in [5.41, 5.74) is 2.20. The van der Waals surface area contributed by atoms with E-state index in [-0.39, 0.29) is 18.0 Å². The van der Waals surface area contributed by atoms with Gasteiger partial charge in [-0.15, -0.1) is 0 Å². The van der Waals surface area contributed by atoms with Gasteiger partial charge in [0.2, 0.25) is 0 Å². The second-order valence-corrected chi connectivity index (χ2v) is 9.97. The smallest absolute Gasteiger partial charge is 0.407 e. The Morgan fingerprint density at radius 1 is 1.06 bits per heavy atom. The van der Waals surface area contributed by atoms with Crippen LogP contribution in [0.25, 0.3) is 0 Å². The topological polar surface area (TPSA) is 53.6 Å². The molecule has 4 rings (SSSR count). The molecular formula is C28H38FN3O2. The molecule has 0 unspecified atom stereocenters. The maximum absolute atomic E-state index is 13.3. The van der Waals surface area contributed by atoms with Gasteiger partial charge in [0.25, 0.3) is 0 Å². The number of nitrogens with one attached hydrogen (secondary N) is 2. The van der Waals surface area contributed by atoms with E-state index in [1.54, 1.807) is 12.1 Å². The van der Waals surface area contributed by atoms with Crippen molar-refractivity contribution in [2.45, 2.75) is 57.2 Å². The summed E-state index contributed by atoms with van der Waals surface area (Å²) in [5.74, 6) is 0.802. The van der Waals surface area contributed by atoms with Crippen LogP contribution in [0.2, 0.25) is 0 Å². The summed E-state index contributed by atoms with van der Waals surface area (Å²) in [6, 6.07) is 17.3. The van der Waals surface area contributed by atoms with Gasteiger partial charge in [-0.25, -0.2) is 9.18 Å². The zero-order valence-corrected chi connectivity index (χ0v) is 20.2. The van der Waals surface area contributed by atoms with Gasteiger partial charge >= 0.3 is 6.09 Å². The van der Waals surface area contributed by atoms with Crippen molar-refractivity contribution in [3.8, 4) is 0 Å². The zero-order chi connectivity index (χ0) is 23.8. The van der Waals surface area contributed by atoms with Crippen molar-refractivity contribution >= 4 is 6.09 Å². The van der Waals surface area contributed by atoms with Gasteiger partial charge in [0.05, 0.1) is 0 Å². The predicted molar refractivity (Wildman–Crippen MR) is 133 cm³/mol. The Hall–Kier alpha value is -2.44. The van der Waals surface area contributed by atoms with Crippen LogP contribution in [0, 0.1) is 17.7 Å². The zero-order valence-electron chi connectivity index (χ0n) is 20.2. The first-order valence-corrected chi connectivity index (χ1v) is 12.7. The normalized spacial score (nSPS) is 25.6. The molecule has 2 aromatic rings. The van der Waals surface area contributed by atoms with Gasteiger partial charge in [0.15, 0.2) is 0 Å². The standard InChI is InChI=1S/C28H38FN3O2/c1-30-26-13-14-27(31-28(33)34-20-22-6-3-2-4-7-22)24(17-26)19-32-15-5-8-23(18-32)16-21-9-11-25(29)12-10-21/h2-4,6-7,9-12,23-24,26-27,30H,5,8,13-20H2,1H3,(H,31,33)/t23-,24-,26+,27+/m0/s1. The van der Waals surface area contributed by atoms with Crippen LogP contribution in [0.3, 0.4) is 0 Å². The summed E-state index contributed by atoms with van der Waals surface area (Å²) in [6.45, 7) is 3.44. The van der Waals surface area contributed by atoms with Crippen molar-refractivity contribution in [2.24, 2.45) is 11.8 Å². The van der Waals surface area contributed by atoms with Crippen LogP contribution < -0.4 is 10.6 Å². The second kappa shape index (κ2) is 12.3. The Morgan fingerprint density at radius 3 is 2.62 bits per heavy atom. The first-order chi connectivity index (χ1) is 16.6. The number of ether oxygens (including phenoxy) is 1. The number of benzene rings is 2. The molecule has 0 aromatic heterocycles. The van der Waals surface area contributed by atoms with Crippen LogP contribution in [-0.4, -0.2) is 49.8 Å². The largest absolute Gasteiger partial charge is 0.445 e. The van der Waals surface area contributed by atoms with Gasteiger partial charge in [0.1, 0.15) is 12.4 Å². The van der Waals surface area contributed by atoms with E-state index in [0.717, 1.165) is 50.9 Å². The predicted octanol–water partition coefficient (Wildman–Crippen LogP) is 4.76. The molecule has 0 radical (unpaired) electrons. The number of rotatable bonds is 8. The van der Waals surface area contributed by atoms with Crippen molar-refractivity contribution in [3.05, 3.63) is 71.5 Å². The van der Waals surface area contributed by atoms with E-state index in [0.29, 0.717) is 24.5 Å². The quantitative estimate of drug-likeness (QED) is 0.588. The van der Waals surface area contributed by atoms with Crippen molar-refractivity contribution in [1.82, 2.24) is 15.5 Å². The SMILES string of the molecule is CN[C@@H]1CC[C@@H](NC(=O)OCc2ccccc2)[C@H](CN2CCC[C@@H](Cc3ccc(F)cc3)C2)C1. The number of amides is 1. The van der Waals surface area contributed by atoms with E-state index in [9.17, 15) is 9.18 Å². The van der Waals surface area contributed by atoms with E-state index in [1.807, 2.05) is 49.5 Å². The summed E-state index contributed by atoms with van der Waals surface area (Å²) >= 11 is 0. The number of carbonyl (C=O) groups excluding carboxylic acids is 1. The maximum Gasteiger partial charge on any atom is 0.407 e. The summed E-state index contributed by atoms with van der Waals surface area (Å²) in [7, 11) is 2.03. The van der Waals surface area contributed by atoms with Crippen molar-refractivity contribution < 1.29 is 13.9 Å². The number of carbonyl (C=O) groups is 1. The van der Waals surface area contributed by atoms with Gasteiger partial charge in [-0.3, -0.25) is 0 Å². The third-order valence-electron chi connectivity index (χ3n) is 7.44. The summed E-state index contributed by atoms with van der Waals surface area (Å²) in [6.07, 6.45) is 6.14. The molecule has 1 aliphatic carbocycles. The fourth-order valence-corrected chi connectivity index (χ4v) is 5.60. The van der Waals surface area contributed by atoms with E-state index >= 15 is 0 Å². The maximum atomic E-state index is 13.3. The highest BCUT2D eigenvalue weighted by Gasteiger charge is 2.33. The summed E-state index contributed by atoms with van der Waals surface area (Å²) in [4.78, 5) is 15.1. The average molecular weight is 468 g/mol. The van der Waals surface area contributed by atoms with Crippen LogP contribution in [0.1, 0.15) is 43.2 Å². The van der Waals surface area contributed by atoms with Gasteiger partial charge < -0.3 is 20.3 Å². The fourth-order valence-electron chi connectivity index (χ4n) is 5.60. The van der Waals surface area contributed by atoms with Crippen LogP contribution in [-0.2, 0) is 17.8 Å². The molecule has 2 N–H and O–H groups in total. The highest BCUT2D eigenvalue weighted by atomic mass is 19.1. The lowest BCUT2D eigenvalue weighted by Crippen LogP contribution is -2.52. The van der Waals surface area contributed by atoms with Crippen molar-refractivity contribution in [2.75, 3.05) is 26.7 Å². The van der Waals surface area contributed by atoms with Crippen LogP contribution >= 0.6 is 0 Å². The van der Waals surface area contributed by atoms with Gasteiger partial charge in [-0.05, 0) is 87.2 Å². The number of halogens is 1. The first kappa shape index (κ1) is 24.7. The van der Waals surface area contributed by atoms with E-state index in [2.05, 4.69) is 15.5 Å². The number of piperidine rings is 1. The fraction of sp³-hybridized carbons (Fsp3) is 0.536. The summed E-state index contributed by atoms with van der Waals surface area (Å²) in [5, 5.41) is 6.62. The van der Waals surface area contributed by atoms with Crippen molar-refractivity contribution in [1.29, 1.82) is 0 Å². The Labute approximate surface area is 203 Å². The molecular weight excluding hydrogens is 429 g/mol. The minimum atomic E-state index is -0.324. The monoisotopic (exact) mass is 467 g/mol. The molecule has 5 nitrogen and oxygen atoms in total. The number of likely N-dealkylation sites (tertiary alicyclic amines) is 1. The Morgan fingerprint density at radius 2 is 1.85 bits per heavy atom. The Bertz CT molecular complexity index is 892. The van der Waals surface area contributed by atoms with Gasteiger partial charge in [0, 0.05) is 25.2 Å². The third-order valence-corrected chi connectivity index (χ3v) is 7.44. The van der Waals surface area contributed by atoms with Gasteiger partial charge in [-0.2, -0.15) is 0 Å². The second-order valence-electron chi connectivity index (χ2n) is 9.97. The molecule has 1 amide bonds. The van der Waals surface area contributed by atoms with E-state index in [1.165, 1.54) is 18.4 Å². The Balaban J connectivity index is 1.31. The number of nitrogens with zero attached hydrogens (tertiary/aromatic N) is 1. The lowest BCUT2D eigenvalue weighted by molar-refractivity contribution is 0.0982. The minimum absolute atomic E-state index is 0.130. The van der Waals surface area contributed by atoms with Crippen LogP contribution in [0.4, 0.5) is 9.18 Å². The molecule has 4 atom stereocenters. The molecule has 1 saturated carbocycles. The van der Waals surface area contributed by atoms with Gasteiger partial charge in [-0.1, -0.05) is 42.5 Å². The summed E-state index contributed by atoms with van der Waals surface area (Å²) < 4.78 is 18.8. The third kappa shape index (κ3) is 7.28. The molecule has 1 heterocycles. The minimum Gasteiger partial charge on any atom is -0.445 e. The highest BCUT2D eigenvalue weighted by Crippen LogP contribution is 2.28. The molecule has 2 aliphatic rings. The van der Waals surface area contributed by atoms with Crippen LogP contribution in [0.15, 0.2) is 54.6 Å². The molecule has 1 aliphatic heterocycles. The molecule has 34 heavy (non-hydrogen) atoms. The molecule has 0 bridgehead atoms. The molecule has 6 heteroatoms. The number of hydrogen-bond acceptors (Lipinski definition) is 4. The molecule has 2 aromatic carbocycles. The molecule has 1 saturated heterocycles.